The average Bonchev–Trinajstić information content (AvgIpc) is 2.49. The maximum Gasteiger partial charge on any atom is 0.0991 e. The topological polar surface area (TPSA) is 59.0 Å². The highest BCUT2D eigenvalue weighted by Crippen LogP contribution is 2.07. The molecule has 2 rings (SSSR count). The van der Waals surface area contributed by atoms with E-state index in [0.29, 0.717) is 18.8 Å². The molecular weight excluding hydrogens is 284 g/mol. The van der Waals surface area contributed by atoms with Gasteiger partial charge in [-0.15, -0.1) is 12.4 Å². The second-order valence-electron chi connectivity index (χ2n) is 4.77. The molecule has 2 aromatic carbocycles. The lowest BCUT2D eigenvalue weighted by molar-refractivity contribution is 0.108. The van der Waals surface area contributed by atoms with Gasteiger partial charge in [0.15, 0.2) is 0 Å². The quantitative estimate of drug-likeness (QED) is 0.892. The van der Waals surface area contributed by atoms with Gasteiger partial charge in [-0.25, -0.2) is 0 Å². The molecular formula is C17H19ClN2O. The van der Waals surface area contributed by atoms with E-state index >= 15 is 0 Å². The summed E-state index contributed by atoms with van der Waals surface area (Å²) in [6.45, 7) is 1.11. The van der Waals surface area contributed by atoms with Gasteiger partial charge in [0.2, 0.25) is 0 Å². The Kier molecular flexibility index (Phi) is 7.49. The van der Waals surface area contributed by atoms with E-state index in [2.05, 4.69) is 6.07 Å². The molecule has 0 bridgehead atoms. The number of hydrogen-bond acceptors (Lipinski definition) is 3. The van der Waals surface area contributed by atoms with Gasteiger partial charge in [-0.3, -0.25) is 0 Å². The highest BCUT2D eigenvalue weighted by Gasteiger charge is 2.05. The van der Waals surface area contributed by atoms with Crippen molar-refractivity contribution in [1.82, 2.24) is 0 Å². The Labute approximate surface area is 131 Å². The summed E-state index contributed by atoms with van der Waals surface area (Å²) in [6, 6.07) is 19.6. The fourth-order valence-electron chi connectivity index (χ4n) is 1.98. The van der Waals surface area contributed by atoms with Crippen molar-refractivity contribution in [2.45, 2.75) is 19.1 Å². The number of benzene rings is 2. The molecule has 0 aromatic heterocycles. The lowest BCUT2D eigenvalue weighted by atomic mass is 10.1. The van der Waals surface area contributed by atoms with Gasteiger partial charge >= 0.3 is 0 Å². The minimum absolute atomic E-state index is 0. The minimum Gasteiger partial charge on any atom is -0.375 e. The lowest BCUT2D eigenvalue weighted by Crippen LogP contribution is -2.28. The molecule has 2 aromatic rings. The number of nitriles is 1. The third-order valence-corrected chi connectivity index (χ3v) is 3.02. The van der Waals surface area contributed by atoms with E-state index in [1.165, 1.54) is 0 Å². The largest absolute Gasteiger partial charge is 0.375 e. The molecule has 2 N–H and O–H groups in total. The third kappa shape index (κ3) is 5.97. The SMILES string of the molecule is Cl.N#Cc1ccc(C[C@@H](N)COCc2ccccc2)cc1. The number of nitrogens with two attached hydrogens (primary N) is 1. The van der Waals surface area contributed by atoms with Crippen molar-refractivity contribution in [2.75, 3.05) is 6.61 Å². The monoisotopic (exact) mass is 302 g/mol. The zero-order chi connectivity index (χ0) is 14.2. The zero-order valence-electron chi connectivity index (χ0n) is 11.7. The highest BCUT2D eigenvalue weighted by atomic mass is 35.5. The summed E-state index contributed by atoms with van der Waals surface area (Å²) < 4.78 is 5.62. The molecule has 21 heavy (non-hydrogen) atoms. The van der Waals surface area contributed by atoms with E-state index < -0.39 is 0 Å². The predicted octanol–water partition coefficient (Wildman–Crippen LogP) is 3.07. The Morgan fingerprint density at radius 1 is 1.00 bits per heavy atom. The predicted molar refractivity (Wildman–Crippen MR) is 86.2 cm³/mol. The molecule has 0 aliphatic rings. The molecule has 110 valence electrons. The second kappa shape index (κ2) is 9.15. The summed E-state index contributed by atoms with van der Waals surface area (Å²) in [6.07, 6.45) is 0.750. The van der Waals surface area contributed by atoms with Crippen molar-refractivity contribution >= 4 is 12.4 Å². The normalized spacial score (nSPS) is 11.2. The summed E-state index contributed by atoms with van der Waals surface area (Å²) in [5.41, 5.74) is 9.00. The van der Waals surface area contributed by atoms with Crippen molar-refractivity contribution in [2.24, 2.45) is 5.73 Å². The summed E-state index contributed by atoms with van der Waals surface area (Å²) in [7, 11) is 0. The van der Waals surface area contributed by atoms with Crippen LogP contribution >= 0.6 is 12.4 Å². The van der Waals surface area contributed by atoms with Crippen LogP contribution < -0.4 is 5.73 Å². The first-order valence-electron chi connectivity index (χ1n) is 6.64. The van der Waals surface area contributed by atoms with Gasteiger partial charge in [-0.05, 0) is 29.7 Å². The molecule has 0 aliphatic heterocycles. The number of ether oxygens (including phenoxy) is 1. The van der Waals surface area contributed by atoms with Crippen LogP contribution in [-0.2, 0) is 17.8 Å². The fourth-order valence-corrected chi connectivity index (χ4v) is 1.98. The van der Waals surface area contributed by atoms with E-state index in [1.54, 1.807) is 0 Å². The van der Waals surface area contributed by atoms with Crippen LogP contribution in [0.1, 0.15) is 16.7 Å². The molecule has 0 saturated heterocycles. The van der Waals surface area contributed by atoms with Crippen LogP contribution in [0.15, 0.2) is 54.6 Å². The van der Waals surface area contributed by atoms with Crippen molar-refractivity contribution in [3.63, 3.8) is 0 Å². The molecule has 0 unspecified atom stereocenters. The summed E-state index contributed by atoms with van der Waals surface area (Å²) in [5, 5.41) is 8.74. The number of nitrogens with zero attached hydrogens (tertiary/aromatic N) is 1. The summed E-state index contributed by atoms with van der Waals surface area (Å²) in [5.74, 6) is 0. The average molecular weight is 303 g/mol. The Bertz CT molecular complexity index is 564. The lowest BCUT2D eigenvalue weighted by Gasteiger charge is -2.12. The maximum absolute atomic E-state index is 8.74. The molecule has 0 amide bonds. The van der Waals surface area contributed by atoms with E-state index in [1.807, 2.05) is 54.6 Å². The first kappa shape index (κ1) is 17.2. The Morgan fingerprint density at radius 3 is 2.29 bits per heavy atom. The van der Waals surface area contributed by atoms with Crippen LogP contribution in [0.3, 0.4) is 0 Å². The van der Waals surface area contributed by atoms with Crippen molar-refractivity contribution in [1.29, 1.82) is 5.26 Å². The fraction of sp³-hybridized carbons (Fsp3) is 0.235. The Balaban J connectivity index is 0.00000220. The first-order valence-corrected chi connectivity index (χ1v) is 6.64. The van der Waals surface area contributed by atoms with Gasteiger partial charge in [0.05, 0.1) is 24.8 Å². The number of hydrogen-bond donors (Lipinski definition) is 1. The molecule has 4 heteroatoms. The summed E-state index contributed by atoms with van der Waals surface area (Å²) in [4.78, 5) is 0. The zero-order valence-corrected chi connectivity index (χ0v) is 12.6. The van der Waals surface area contributed by atoms with E-state index in [-0.39, 0.29) is 18.4 Å². The molecule has 0 saturated carbocycles. The van der Waals surface area contributed by atoms with Crippen molar-refractivity contribution in [3.05, 3.63) is 71.3 Å². The van der Waals surface area contributed by atoms with Crippen LogP contribution in [0.4, 0.5) is 0 Å². The molecule has 3 nitrogen and oxygen atoms in total. The van der Waals surface area contributed by atoms with Crippen LogP contribution in [-0.4, -0.2) is 12.6 Å². The van der Waals surface area contributed by atoms with Crippen LogP contribution in [0.2, 0.25) is 0 Å². The highest BCUT2D eigenvalue weighted by molar-refractivity contribution is 5.85. The molecule has 0 spiro atoms. The van der Waals surface area contributed by atoms with Gasteiger partial charge in [0, 0.05) is 6.04 Å². The Morgan fingerprint density at radius 2 is 1.67 bits per heavy atom. The summed E-state index contributed by atoms with van der Waals surface area (Å²) >= 11 is 0. The van der Waals surface area contributed by atoms with Gasteiger partial charge in [0.1, 0.15) is 0 Å². The number of halogens is 1. The van der Waals surface area contributed by atoms with E-state index in [0.717, 1.165) is 17.5 Å². The molecule has 1 atom stereocenters. The maximum atomic E-state index is 8.74. The van der Waals surface area contributed by atoms with Gasteiger partial charge in [-0.2, -0.15) is 5.26 Å². The first-order chi connectivity index (χ1) is 9.78. The van der Waals surface area contributed by atoms with Gasteiger partial charge < -0.3 is 10.5 Å². The van der Waals surface area contributed by atoms with Crippen molar-refractivity contribution < 1.29 is 4.74 Å². The van der Waals surface area contributed by atoms with E-state index in [9.17, 15) is 0 Å². The van der Waals surface area contributed by atoms with Crippen molar-refractivity contribution in [3.8, 4) is 6.07 Å². The van der Waals surface area contributed by atoms with Gasteiger partial charge in [-0.1, -0.05) is 42.5 Å². The van der Waals surface area contributed by atoms with Crippen LogP contribution in [0, 0.1) is 11.3 Å². The smallest absolute Gasteiger partial charge is 0.0991 e. The second-order valence-corrected chi connectivity index (χ2v) is 4.77. The standard InChI is InChI=1S/C17H18N2O.ClH/c18-11-15-8-6-14(7-9-15)10-17(19)13-20-12-16-4-2-1-3-5-16;/h1-9,17H,10,12-13,19H2;1H/t17-;/m1./s1. The molecule has 0 aliphatic carbocycles. The van der Waals surface area contributed by atoms with Crippen LogP contribution in [0.25, 0.3) is 0 Å². The van der Waals surface area contributed by atoms with Gasteiger partial charge in [0.25, 0.3) is 0 Å². The minimum atomic E-state index is -0.0355. The molecule has 0 radical (unpaired) electrons. The molecule has 0 fully saturated rings. The van der Waals surface area contributed by atoms with Crippen LogP contribution in [0.5, 0.6) is 0 Å². The third-order valence-electron chi connectivity index (χ3n) is 3.02. The van der Waals surface area contributed by atoms with E-state index in [4.69, 9.17) is 15.7 Å². The number of rotatable bonds is 6. The molecule has 0 heterocycles. The Hall–Kier alpha value is -1.86.